The molecule has 13 heavy (non-hydrogen) atoms. The molecule has 0 spiro atoms. The topological polar surface area (TPSA) is 27.7 Å². The predicted octanol–water partition coefficient (Wildman–Crippen LogP) is 2.36. The molecule has 4 heteroatoms. The molecule has 1 aromatic carbocycles. The lowest BCUT2D eigenvalue weighted by Gasteiger charge is -2.16. The van der Waals surface area contributed by atoms with Gasteiger partial charge in [0, 0.05) is 0 Å². The minimum Gasteiger partial charge on any atom is -0.466 e. The number of methoxy groups -OCH3 is 1. The van der Waals surface area contributed by atoms with E-state index in [2.05, 4.69) is 6.26 Å². The van der Waals surface area contributed by atoms with E-state index >= 15 is 0 Å². The van der Waals surface area contributed by atoms with Crippen molar-refractivity contribution in [3.05, 3.63) is 35.4 Å². The second-order valence-corrected chi connectivity index (χ2v) is 2.77. The van der Waals surface area contributed by atoms with E-state index in [-0.39, 0.29) is 5.95 Å². The summed E-state index contributed by atoms with van der Waals surface area (Å²) in [7, 11) is 1.47. The zero-order chi connectivity index (χ0) is 9.26. The van der Waals surface area contributed by atoms with Gasteiger partial charge in [0.05, 0.1) is 12.1 Å². The van der Waals surface area contributed by atoms with Crippen molar-refractivity contribution in [2.45, 2.75) is 0 Å². The summed E-state index contributed by atoms with van der Waals surface area (Å²) in [5.74, 6) is 1.16. The van der Waals surface area contributed by atoms with Gasteiger partial charge in [-0.2, -0.15) is 0 Å². The zero-order valence-electron chi connectivity index (χ0n) is 6.83. The van der Waals surface area contributed by atoms with Crippen LogP contribution in [-0.4, -0.2) is 7.11 Å². The van der Waals surface area contributed by atoms with Gasteiger partial charge in [0.15, 0.2) is 11.5 Å². The number of rotatable bonds is 1. The summed E-state index contributed by atoms with van der Waals surface area (Å²) in [6, 6.07) is 5.22. The third kappa shape index (κ3) is 1.42. The Labute approximate surface area is 80.5 Å². The van der Waals surface area contributed by atoms with Gasteiger partial charge in [-0.05, 0) is 12.1 Å². The third-order valence-electron chi connectivity index (χ3n) is 1.56. The minimum atomic E-state index is 0.167. The fourth-order valence-electron chi connectivity index (χ4n) is 0.962. The highest BCUT2D eigenvalue weighted by Gasteiger charge is 2.17. The number of benzene rings is 1. The summed E-state index contributed by atoms with van der Waals surface area (Å²) in [5.41, 5.74) is 0. The van der Waals surface area contributed by atoms with Crippen LogP contribution in [0, 0.1) is 6.26 Å². The maximum atomic E-state index is 5.86. The standard InChI is InChI=1S/C9H6ClO3/c1-11-8-5-12-7-4-2-3-6(10)9(7)13-8/h2-4H,1H3. The maximum Gasteiger partial charge on any atom is 0.333 e. The molecule has 0 amide bonds. The van der Waals surface area contributed by atoms with E-state index in [1.54, 1.807) is 18.2 Å². The first-order valence-corrected chi connectivity index (χ1v) is 3.99. The second kappa shape index (κ2) is 3.18. The van der Waals surface area contributed by atoms with Crippen LogP contribution in [0.5, 0.6) is 11.5 Å². The van der Waals surface area contributed by atoms with Crippen molar-refractivity contribution in [3.63, 3.8) is 0 Å². The van der Waals surface area contributed by atoms with Crippen molar-refractivity contribution < 1.29 is 14.2 Å². The molecule has 0 saturated heterocycles. The Morgan fingerprint density at radius 1 is 1.46 bits per heavy atom. The Kier molecular flexibility index (Phi) is 2.02. The van der Waals surface area contributed by atoms with Crippen molar-refractivity contribution in [1.82, 2.24) is 0 Å². The van der Waals surface area contributed by atoms with Gasteiger partial charge in [-0.1, -0.05) is 17.7 Å². The average Bonchev–Trinajstić information content (AvgIpc) is 2.18. The smallest absolute Gasteiger partial charge is 0.333 e. The van der Waals surface area contributed by atoms with E-state index in [0.29, 0.717) is 16.5 Å². The molecule has 0 saturated carbocycles. The Morgan fingerprint density at radius 2 is 2.31 bits per heavy atom. The van der Waals surface area contributed by atoms with Crippen molar-refractivity contribution in [3.8, 4) is 11.5 Å². The number of hydrogen-bond acceptors (Lipinski definition) is 3. The molecular weight excluding hydrogens is 192 g/mol. The predicted molar refractivity (Wildman–Crippen MR) is 46.5 cm³/mol. The fraction of sp³-hybridized carbons (Fsp3) is 0.111. The highest BCUT2D eigenvalue weighted by atomic mass is 35.5. The molecule has 0 aliphatic carbocycles. The molecule has 0 bridgehead atoms. The van der Waals surface area contributed by atoms with Crippen LogP contribution in [0.1, 0.15) is 0 Å². The van der Waals surface area contributed by atoms with E-state index in [9.17, 15) is 0 Å². The second-order valence-electron chi connectivity index (χ2n) is 2.36. The molecule has 0 unspecified atom stereocenters. The Morgan fingerprint density at radius 3 is 3.08 bits per heavy atom. The van der Waals surface area contributed by atoms with Gasteiger partial charge >= 0.3 is 5.95 Å². The minimum absolute atomic E-state index is 0.167. The molecule has 1 radical (unpaired) electrons. The van der Waals surface area contributed by atoms with Gasteiger partial charge in [-0.25, -0.2) is 0 Å². The summed E-state index contributed by atoms with van der Waals surface area (Å²) in [6.07, 6.45) is 2.47. The molecule has 1 aliphatic heterocycles. The van der Waals surface area contributed by atoms with Gasteiger partial charge < -0.3 is 14.2 Å². The molecule has 1 heterocycles. The summed E-state index contributed by atoms with van der Waals surface area (Å²) >= 11 is 5.86. The van der Waals surface area contributed by atoms with Crippen LogP contribution in [0.3, 0.4) is 0 Å². The number of para-hydroxylation sites is 1. The SMILES string of the molecule is COC1=[C]Oc2cccc(Cl)c2O1. The summed E-state index contributed by atoms with van der Waals surface area (Å²) in [5, 5.41) is 0.480. The zero-order valence-corrected chi connectivity index (χ0v) is 7.59. The Bertz CT molecular complexity index is 360. The van der Waals surface area contributed by atoms with Gasteiger partial charge in [0.1, 0.15) is 0 Å². The molecule has 0 atom stereocenters. The van der Waals surface area contributed by atoms with Crippen LogP contribution in [0.25, 0.3) is 0 Å². The van der Waals surface area contributed by atoms with Gasteiger partial charge in [0.25, 0.3) is 6.26 Å². The molecule has 67 valence electrons. The number of ether oxygens (including phenoxy) is 3. The lowest BCUT2D eigenvalue weighted by molar-refractivity contribution is 0.118. The van der Waals surface area contributed by atoms with Crippen LogP contribution in [-0.2, 0) is 4.74 Å². The van der Waals surface area contributed by atoms with Crippen LogP contribution in [0.15, 0.2) is 24.1 Å². The van der Waals surface area contributed by atoms with Crippen LogP contribution >= 0.6 is 11.6 Å². The lowest BCUT2D eigenvalue weighted by Crippen LogP contribution is -2.07. The quantitative estimate of drug-likeness (QED) is 0.692. The molecule has 1 aromatic rings. The summed E-state index contributed by atoms with van der Waals surface area (Å²) in [4.78, 5) is 0. The largest absolute Gasteiger partial charge is 0.466 e. The highest BCUT2D eigenvalue weighted by Crippen LogP contribution is 2.38. The Hall–Kier alpha value is -1.35. The average molecular weight is 198 g/mol. The maximum absolute atomic E-state index is 5.86. The molecule has 3 nitrogen and oxygen atoms in total. The number of hydrogen-bond donors (Lipinski definition) is 0. The van der Waals surface area contributed by atoms with E-state index in [0.717, 1.165) is 0 Å². The summed E-state index contributed by atoms with van der Waals surface area (Å²) < 4.78 is 15.1. The van der Waals surface area contributed by atoms with Crippen LogP contribution in [0.2, 0.25) is 5.02 Å². The van der Waals surface area contributed by atoms with Gasteiger partial charge in [0.2, 0.25) is 0 Å². The summed E-state index contributed by atoms with van der Waals surface area (Å²) in [6.45, 7) is 0. The van der Waals surface area contributed by atoms with Crippen molar-refractivity contribution in [1.29, 1.82) is 0 Å². The number of halogens is 1. The molecular formula is C9H6ClO3. The van der Waals surface area contributed by atoms with E-state index < -0.39 is 0 Å². The molecule has 1 aliphatic rings. The number of fused-ring (bicyclic) bond motifs is 1. The molecule has 0 fully saturated rings. The fourth-order valence-corrected chi connectivity index (χ4v) is 1.17. The van der Waals surface area contributed by atoms with Gasteiger partial charge in [-0.15, -0.1) is 0 Å². The highest BCUT2D eigenvalue weighted by molar-refractivity contribution is 6.32. The molecule has 0 N–H and O–H groups in total. The Balaban J connectivity index is 2.39. The van der Waals surface area contributed by atoms with E-state index in [4.69, 9.17) is 25.8 Å². The third-order valence-corrected chi connectivity index (χ3v) is 1.85. The van der Waals surface area contributed by atoms with Crippen molar-refractivity contribution in [2.24, 2.45) is 0 Å². The molecule has 0 aromatic heterocycles. The van der Waals surface area contributed by atoms with Crippen molar-refractivity contribution in [2.75, 3.05) is 7.11 Å². The first-order chi connectivity index (χ1) is 6.31. The first-order valence-electron chi connectivity index (χ1n) is 3.61. The van der Waals surface area contributed by atoms with Crippen LogP contribution < -0.4 is 9.47 Å². The molecule has 2 rings (SSSR count). The monoisotopic (exact) mass is 197 g/mol. The van der Waals surface area contributed by atoms with Gasteiger partial charge in [-0.3, -0.25) is 0 Å². The first kappa shape index (κ1) is 8.26. The lowest BCUT2D eigenvalue weighted by atomic mass is 10.3. The van der Waals surface area contributed by atoms with Crippen molar-refractivity contribution >= 4 is 11.6 Å². The van der Waals surface area contributed by atoms with Crippen LogP contribution in [0.4, 0.5) is 0 Å². The van der Waals surface area contributed by atoms with E-state index in [1.165, 1.54) is 7.11 Å². The normalized spacial score (nSPS) is 13.5. The van der Waals surface area contributed by atoms with E-state index in [1.807, 2.05) is 0 Å².